The Kier molecular flexibility index (Phi) is 8.59. The number of phenolic OH excluding ortho intramolecular Hbond substituents is 1. The quantitative estimate of drug-likeness (QED) is 0.373. The minimum Gasteiger partial charge on any atom is -0.508 e. The van der Waals surface area contributed by atoms with Crippen LogP contribution >= 0.6 is 0 Å². The van der Waals surface area contributed by atoms with E-state index in [1.54, 1.807) is 25.3 Å². The number of ether oxygens (including phenoxy) is 2. The molecule has 0 aliphatic rings. The summed E-state index contributed by atoms with van der Waals surface area (Å²) in [5.74, 6) is -1.16. The topological polar surface area (TPSA) is 166 Å². The van der Waals surface area contributed by atoms with Crippen molar-refractivity contribution in [2.75, 3.05) is 18.6 Å². The molecule has 3 aromatic rings. The average Bonchev–Trinajstić information content (AvgIpc) is 2.79. The van der Waals surface area contributed by atoms with Gasteiger partial charge in [-0.2, -0.15) is 18.3 Å². The minimum absolute atomic E-state index is 0.145. The highest BCUT2D eigenvalue weighted by Gasteiger charge is 2.38. The smallest absolute Gasteiger partial charge is 0.490 e. The molecule has 0 saturated heterocycles. The molecule has 34 heavy (non-hydrogen) atoms. The van der Waals surface area contributed by atoms with Gasteiger partial charge in [-0.3, -0.25) is 0 Å². The second-order valence-electron chi connectivity index (χ2n) is 6.43. The monoisotopic (exact) mass is 479 g/mol. The number of aromatic hydroxyl groups is 1. The highest BCUT2D eigenvalue weighted by Crippen LogP contribution is 2.32. The Morgan fingerprint density at radius 3 is 2.15 bits per heavy atom. The van der Waals surface area contributed by atoms with Crippen LogP contribution in [0.3, 0.4) is 0 Å². The molecule has 0 spiro atoms. The van der Waals surface area contributed by atoms with Crippen molar-refractivity contribution in [1.29, 1.82) is 0 Å². The summed E-state index contributed by atoms with van der Waals surface area (Å²) in [7, 11) is 1.61. The molecule has 1 heterocycles. The number of carboxylic acids is 1. The van der Waals surface area contributed by atoms with E-state index in [-0.39, 0.29) is 17.4 Å². The Bertz CT molecular complexity index is 1140. The Hall–Kier alpha value is -4.55. The van der Waals surface area contributed by atoms with Crippen LogP contribution in [0.15, 0.2) is 64.8 Å². The highest BCUT2D eigenvalue weighted by atomic mass is 19.4. The number of halogens is 3. The molecule has 0 atom stereocenters. The number of anilines is 2. The van der Waals surface area contributed by atoms with Gasteiger partial charge in [-0.1, -0.05) is 12.1 Å². The molecule has 0 radical (unpaired) electrons. The van der Waals surface area contributed by atoms with Crippen molar-refractivity contribution < 1.29 is 37.7 Å². The number of carbonyl (C=O) groups is 1. The van der Waals surface area contributed by atoms with Crippen molar-refractivity contribution in [3.8, 4) is 17.2 Å². The fourth-order valence-electron chi connectivity index (χ4n) is 2.22. The molecule has 0 amide bonds. The lowest BCUT2D eigenvalue weighted by Crippen LogP contribution is -2.21. The molecule has 0 bridgehead atoms. The van der Waals surface area contributed by atoms with E-state index in [0.717, 1.165) is 11.3 Å². The van der Waals surface area contributed by atoms with Gasteiger partial charge in [0.05, 0.1) is 12.8 Å². The standard InChI is InChI=1S/C19H19N5O3.C2HF3O2/c1-26-15-8-2-12(3-9-15)11-27-17-10-16(18(20)22-19(17)21)24-23-13-4-6-14(25)7-5-13;3-2(4,5)1(6)7/h2-10,25H,11H2,1H3,(H4,20,21,22);(H,6,7)/b24-23+;. The first kappa shape index (κ1) is 25.7. The van der Waals surface area contributed by atoms with Crippen LogP contribution in [0.25, 0.3) is 0 Å². The van der Waals surface area contributed by atoms with E-state index >= 15 is 0 Å². The predicted octanol–water partition coefficient (Wildman–Crippen LogP) is 4.59. The Labute approximate surface area is 191 Å². The number of carboxylic acid groups (broad SMARTS) is 1. The van der Waals surface area contributed by atoms with Crippen LogP contribution in [-0.4, -0.2) is 34.5 Å². The van der Waals surface area contributed by atoms with Crippen LogP contribution in [0.4, 0.5) is 36.2 Å². The van der Waals surface area contributed by atoms with Gasteiger partial charge in [-0.15, -0.1) is 5.11 Å². The van der Waals surface area contributed by atoms with Crippen LogP contribution in [-0.2, 0) is 11.4 Å². The fraction of sp³-hybridized carbons (Fsp3) is 0.143. The molecule has 6 N–H and O–H groups in total. The van der Waals surface area contributed by atoms with E-state index < -0.39 is 12.1 Å². The van der Waals surface area contributed by atoms with Crippen molar-refractivity contribution in [2.45, 2.75) is 12.8 Å². The van der Waals surface area contributed by atoms with Gasteiger partial charge in [0.1, 0.15) is 23.8 Å². The molecule has 3 rings (SSSR count). The van der Waals surface area contributed by atoms with E-state index in [1.807, 2.05) is 24.3 Å². The summed E-state index contributed by atoms with van der Waals surface area (Å²) >= 11 is 0. The molecule has 0 aliphatic carbocycles. The van der Waals surface area contributed by atoms with Crippen molar-refractivity contribution >= 4 is 29.0 Å². The zero-order valence-corrected chi connectivity index (χ0v) is 17.7. The summed E-state index contributed by atoms with van der Waals surface area (Å²) in [5.41, 5.74) is 13.6. The number of aliphatic carboxylic acids is 1. The zero-order chi connectivity index (χ0) is 25.3. The number of pyridine rings is 1. The number of nitrogens with two attached hydrogens (primary N) is 2. The van der Waals surface area contributed by atoms with E-state index in [2.05, 4.69) is 15.2 Å². The first-order valence-corrected chi connectivity index (χ1v) is 9.32. The lowest BCUT2D eigenvalue weighted by molar-refractivity contribution is -0.192. The van der Waals surface area contributed by atoms with Gasteiger partial charge in [0.2, 0.25) is 0 Å². The van der Waals surface area contributed by atoms with Crippen LogP contribution in [0.5, 0.6) is 17.2 Å². The maximum absolute atomic E-state index is 10.6. The molecule has 0 aliphatic heterocycles. The fourth-order valence-corrected chi connectivity index (χ4v) is 2.22. The molecule has 1 aromatic heterocycles. The van der Waals surface area contributed by atoms with E-state index in [0.29, 0.717) is 23.7 Å². The van der Waals surface area contributed by atoms with E-state index in [9.17, 15) is 18.3 Å². The number of benzene rings is 2. The number of phenols is 1. The Morgan fingerprint density at radius 1 is 1.03 bits per heavy atom. The third-order valence-corrected chi connectivity index (χ3v) is 3.94. The third kappa shape index (κ3) is 7.85. The molecule has 0 saturated carbocycles. The number of rotatable bonds is 6. The van der Waals surface area contributed by atoms with Crippen LogP contribution < -0.4 is 20.9 Å². The SMILES string of the molecule is COc1ccc(COc2cc(/N=N/c3ccc(O)cc3)c(N)nc2N)cc1.O=C(O)C(F)(F)F. The summed E-state index contributed by atoms with van der Waals surface area (Å²) < 4.78 is 42.6. The van der Waals surface area contributed by atoms with E-state index in [1.165, 1.54) is 12.1 Å². The lowest BCUT2D eigenvalue weighted by atomic mass is 10.2. The number of aromatic nitrogens is 1. The normalized spacial score (nSPS) is 10.9. The van der Waals surface area contributed by atoms with Gasteiger partial charge in [0, 0.05) is 6.07 Å². The number of nitrogen functional groups attached to an aromatic ring is 2. The Morgan fingerprint density at radius 2 is 1.62 bits per heavy atom. The maximum atomic E-state index is 10.6. The largest absolute Gasteiger partial charge is 0.508 e. The van der Waals surface area contributed by atoms with Crippen molar-refractivity contribution in [3.05, 3.63) is 60.2 Å². The summed E-state index contributed by atoms with van der Waals surface area (Å²) in [6.45, 7) is 0.300. The lowest BCUT2D eigenvalue weighted by Gasteiger charge is -2.10. The molecule has 180 valence electrons. The van der Waals surface area contributed by atoms with Crippen LogP contribution in [0.2, 0.25) is 0 Å². The van der Waals surface area contributed by atoms with Gasteiger partial charge < -0.3 is 31.2 Å². The molecular formula is C21H20F3N5O5. The number of hydrogen-bond acceptors (Lipinski definition) is 9. The second-order valence-corrected chi connectivity index (χ2v) is 6.43. The molecule has 0 unspecified atom stereocenters. The number of alkyl halides is 3. The first-order chi connectivity index (χ1) is 16.0. The van der Waals surface area contributed by atoms with Crippen molar-refractivity contribution in [2.24, 2.45) is 10.2 Å². The molecular weight excluding hydrogens is 459 g/mol. The third-order valence-electron chi connectivity index (χ3n) is 3.94. The second kappa shape index (κ2) is 11.4. The summed E-state index contributed by atoms with van der Waals surface area (Å²) in [6, 6.07) is 15.4. The van der Waals surface area contributed by atoms with Crippen molar-refractivity contribution in [3.63, 3.8) is 0 Å². The highest BCUT2D eigenvalue weighted by molar-refractivity contribution is 5.73. The van der Waals surface area contributed by atoms with Gasteiger partial charge in [0.25, 0.3) is 0 Å². The number of nitrogens with zero attached hydrogens (tertiary/aromatic N) is 3. The zero-order valence-electron chi connectivity index (χ0n) is 17.7. The summed E-state index contributed by atoms with van der Waals surface area (Å²) in [4.78, 5) is 13.0. The van der Waals surface area contributed by atoms with Gasteiger partial charge in [-0.25, -0.2) is 9.78 Å². The number of methoxy groups -OCH3 is 1. The molecule has 13 heteroatoms. The number of azo groups is 1. The maximum Gasteiger partial charge on any atom is 0.490 e. The minimum atomic E-state index is -5.08. The number of hydrogen-bond donors (Lipinski definition) is 4. The predicted molar refractivity (Wildman–Crippen MR) is 116 cm³/mol. The van der Waals surface area contributed by atoms with Gasteiger partial charge in [0.15, 0.2) is 17.4 Å². The Balaban J connectivity index is 0.000000509. The average molecular weight is 479 g/mol. The van der Waals surface area contributed by atoms with Crippen molar-refractivity contribution in [1.82, 2.24) is 4.98 Å². The first-order valence-electron chi connectivity index (χ1n) is 9.32. The molecule has 10 nitrogen and oxygen atoms in total. The van der Waals surface area contributed by atoms with Crippen LogP contribution in [0, 0.1) is 0 Å². The van der Waals surface area contributed by atoms with Gasteiger partial charge in [-0.05, 0) is 42.0 Å². The van der Waals surface area contributed by atoms with Gasteiger partial charge >= 0.3 is 12.1 Å². The summed E-state index contributed by atoms with van der Waals surface area (Å²) in [6.07, 6.45) is -5.08. The van der Waals surface area contributed by atoms with Crippen LogP contribution in [0.1, 0.15) is 5.56 Å². The molecule has 0 fully saturated rings. The van der Waals surface area contributed by atoms with E-state index in [4.69, 9.17) is 30.8 Å². The summed E-state index contributed by atoms with van der Waals surface area (Å²) in [5, 5.41) is 24.6. The molecule has 2 aromatic carbocycles.